The van der Waals surface area contributed by atoms with E-state index in [2.05, 4.69) is 5.32 Å². The zero-order valence-electron chi connectivity index (χ0n) is 16.3. The molecule has 4 atom stereocenters. The number of nitro benzene ring substituents is 1. The SMILES string of the molecule is O=C(N[C@H]([NH+]1C[C@@H]2C[C@H](C1)c1cccc(=O)n1C2)C(Cl)(Cl)Cl)c1cccc([N+](=O)[O-])c1. The van der Waals surface area contributed by atoms with E-state index in [1.165, 1.54) is 24.3 Å². The molecule has 8 nitrogen and oxygen atoms in total. The van der Waals surface area contributed by atoms with Gasteiger partial charge in [0, 0.05) is 47.8 Å². The van der Waals surface area contributed by atoms with Crippen LogP contribution in [0.3, 0.4) is 0 Å². The van der Waals surface area contributed by atoms with Gasteiger partial charge < -0.3 is 9.47 Å². The highest BCUT2D eigenvalue weighted by Gasteiger charge is 2.47. The Morgan fingerprint density at radius 3 is 2.68 bits per heavy atom. The molecule has 0 radical (unpaired) electrons. The van der Waals surface area contributed by atoms with Gasteiger partial charge in [0.25, 0.3) is 20.9 Å². The van der Waals surface area contributed by atoms with E-state index in [1.54, 1.807) is 12.1 Å². The van der Waals surface area contributed by atoms with Gasteiger partial charge in [0.2, 0.25) is 6.17 Å². The summed E-state index contributed by atoms with van der Waals surface area (Å²) in [5.74, 6) is -0.258. The van der Waals surface area contributed by atoms with Crippen LogP contribution in [-0.4, -0.2) is 38.4 Å². The van der Waals surface area contributed by atoms with Crippen LogP contribution in [0, 0.1) is 16.0 Å². The van der Waals surface area contributed by atoms with E-state index in [-0.39, 0.29) is 28.6 Å². The molecule has 2 bridgehead atoms. The highest BCUT2D eigenvalue weighted by atomic mass is 35.6. The smallest absolute Gasteiger partial charge is 0.270 e. The van der Waals surface area contributed by atoms with Crippen molar-refractivity contribution < 1.29 is 14.6 Å². The molecule has 1 unspecified atom stereocenters. The quantitative estimate of drug-likeness (QED) is 0.392. The van der Waals surface area contributed by atoms with Gasteiger partial charge in [0.15, 0.2) is 0 Å². The molecule has 3 heterocycles. The Kier molecular flexibility index (Phi) is 6.00. The van der Waals surface area contributed by atoms with Gasteiger partial charge >= 0.3 is 0 Å². The molecule has 4 rings (SSSR count). The number of nitrogens with zero attached hydrogens (tertiary/aromatic N) is 2. The predicted octanol–water partition coefficient (Wildman–Crippen LogP) is 1.88. The minimum absolute atomic E-state index is 0.0208. The number of piperidine rings is 1. The van der Waals surface area contributed by atoms with Crippen LogP contribution in [0.1, 0.15) is 28.4 Å². The average molecular weight is 487 g/mol. The minimum Gasteiger partial charge on any atom is -0.312 e. The Balaban J connectivity index is 1.58. The Morgan fingerprint density at radius 1 is 1.23 bits per heavy atom. The number of halogens is 3. The number of aromatic nitrogens is 1. The lowest BCUT2D eigenvalue weighted by Crippen LogP contribution is -3.21. The lowest BCUT2D eigenvalue weighted by molar-refractivity contribution is -0.937. The zero-order chi connectivity index (χ0) is 22.3. The molecule has 2 aliphatic heterocycles. The molecule has 0 spiro atoms. The third-order valence-electron chi connectivity index (χ3n) is 5.95. The molecule has 1 aromatic carbocycles. The van der Waals surface area contributed by atoms with E-state index in [1.807, 2.05) is 10.6 Å². The summed E-state index contributed by atoms with van der Waals surface area (Å²) in [6.07, 6.45) is 0.0646. The molecular formula is C20H20Cl3N4O4+. The normalized spacial score (nSPS) is 23.5. The molecule has 1 saturated heterocycles. The first-order valence-corrected chi connectivity index (χ1v) is 10.9. The highest BCUT2D eigenvalue weighted by molar-refractivity contribution is 6.68. The van der Waals surface area contributed by atoms with Crippen LogP contribution in [0.25, 0.3) is 0 Å². The summed E-state index contributed by atoms with van der Waals surface area (Å²) in [5.41, 5.74) is 0.850. The monoisotopic (exact) mass is 485 g/mol. The summed E-state index contributed by atoms with van der Waals surface area (Å²) in [5, 5.41) is 13.8. The number of nitro groups is 1. The highest BCUT2D eigenvalue weighted by Crippen LogP contribution is 2.33. The summed E-state index contributed by atoms with van der Waals surface area (Å²) in [4.78, 5) is 36.4. The zero-order valence-corrected chi connectivity index (χ0v) is 18.5. The van der Waals surface area contributed by atoms with Gasteiger partial charge in [-0.25, -0.2) is 0 Å². The maximum Gasteiger partial charge on any atom is 0.270 e. The number of non-ortho nitro benzene ring substituents is 1. The molecule has 1 amide bonds. The number of hydrogen-bond acceptors (Lipinski definition) is 4. The van der Waals surface area contributed by atoms with Crippen LogP contribution >= 0.6 is 34.8 Å². The number of rotatable bonds is 4. The second-order valence-corrected chi connectivity index (χ2v) is 10.4. The summed E-state index contributed by atoms with van der Waals surface area (Å²) in [6, 6.07) is 10.6. The van der Waals surface area contributed by atoms with Gasteiger partial charge in [-0.15, -0.1) is 0 Å². The Morgan fingerprint density at radius 2 is 1.97 bits per heavy atom. The van der Waals surface area contributed by atoms with Gasteiger partial charge in [0.1, 0.15) is 0 Å². The molecule has 0 aliphatic carbocycles. The lowest BCUT2D eigenvalue weighted by Gasteiger charge is -2.44. The fraction of sp³-hybridized carbons (Fsp3) is 0.400. The van der Waals surface area contributed by atoms with Crippen molar-refractivity contribution in [3.8, 4) is 0 Å². The minimum atomic E-state index is -1.80. The third kappa shape index (κ3) is 4.57. The van der Waals surface area contributed by atoms with Crippen molar-refractivity contribution in [3.63, 3.8) is 0 Å². The molecule has 2 aromatic rings. The number of hydrogen-bond donors (Lipinski definition) is 2. The number of pyridine rings is 1. The summed E-state index contributed by atoms with van der Waals surface area (Å²) in [7, 11) is 0. The summed E-state index contributed by atoms with van der Waals surface area (Å²) >= 11 is 18.8. The Bertz CT molecular complexity index is 1080. The molecule has 1 fully saturated rings. The molecule has 1 aromatic heterocycles. The fourth-order valence-electron chi connectivity index (χ4n) is 4.68. The van der Waals surface area contributed by atoms with E-state index in [4.69, 9.17) is 34.8 Å². The molecule has 2 N–H and O–H groups in total. The van der Waals surface area contributed by atoms with Gasteiger partial charge in [-0.2, -0.15) is 0 Å². The van der Waals surface area contributed by atoms with Crippen molar-refractivity contribution in [2.45, 2.75) is 28.8 Å². The van der Waals surface area contributed by atoms with Gasteiger partial charge in [-0.3, -0.25) is 25.0 Å². The van der Waals surface area contributed by atoms with Crippen molar-refractivity contribution >= 4 is 46.4 Å². The molecular weight excluding hydrogens is 467 g/mol. The second-order valence-electron chi connectivity index (χ2n) is 8.02. The van der Waals surface area contributed by atoms with Crippen molar-refractivity contribution in [1.82, 2.24) is 9.88 Å². The number of quaternary nitrogens is 1. The molecule has 31 heavy (non-hydrogen) atoms. The fourth-order valence-corrected chi connectivity index (χ4v) is 5.30. The number of carbonyl (C=O) groups is 1. The van der Waals surface area contributed by atoms with E-state index < -0.39 is 20.8 Å². The van der Waals surface area contributed by atoms with Crippen LogP contribution < -0.4 is 15.8 Å². The van der Waals surface area contributed by atoms with Crippen molar-refractivity contribution in [1.29, 1.82) is 0 Å². The van der Waals surface area contributed by atoms with Crippen LogP contribution in [0.5, 0.6) is 0 Å². The van der Waals surface area contributed by atoms with E-state index in [0.717, 1.165) is 17.0 Å². The van der Waals surface area contributed by atoms with Crippen LogP contribution in [0.4, 0.5) is 5.69 Å². The van der Waals surface area contributed by atoms with Gasteiger partial charge in [-0.05, 0) is 18.6 Å². The number of alkyl halides is 3. The lowest BCUT2D eigenvalue weighted by atomic mass is 9.83. The van der Waals surface area contributed by atoms with E-state index >= 15 is 0 Å². The van der Waals surface area contributed by atoms with E-state index in [9.17, 15) is 19.7 Å². The number of amides is 1. The molecule has 0 saturated carbocycles. The number of fused-ring (bicyclic) bond motifs is 4. The number of nitrogens with one attached hydrogen (secondary N) is 2. The standard InChI is InChI=1S/C20H19Cl3N4O4/c21-20(22,23)19(24-18(29)13-3-1-4-15(8-13)27(30)31)25-9-12-7-14(11-25)16-5-2-6-17(28)26(16)10-12/h1-6,8,12,14,19H,7,9-11H2,(H,24,29)/p+1/t12-,14+,19+/m0/s1. The van der Waals surface area contributed by atoms with Gasteiger partial charge in [-0.1, -0.05) is 46.9 Å². The largest absolute Gasteiger partial charge is 0.312 e. The van der Waals surface area contributed by atoms with Crippen LogP contribution in [0.2, 0.25) is 0 Å². The number of likely N-dealkylation sites (tertiary alicyclic amines) is 1. The van der Waals surface area contributed by atoms with Crippen LogP contribution in [0.15, 0.2) is 47.3 Å². The van der Waals surface area contributed by atoms with Crippen molar-refractivity contribution in [3.05, 3.63) is 74.2 Å². The first-order valence-electron chi connectivity index (χ1n) is 9.80. The predicted molar refractivity (Wildman–Crippen MR) is 117 cm³/mol. The van der Waals surface area contributed by atoms with Crippen molar-refractivity contribution in [2.24, 2.45) is 5.92 Å². The van der Waals surface area contributed by atoms with E-state index in [0.29, 0.717) is 19.6 Å². The summed E-state index contributed by atoms with van der Waals surface area (Å²) < 4.78 is 0.00927. The average Bonchev–Trinajstić information content (AvgIpc) is 2.71. The molecule has 11 heteroatoms. The number of carbonyl (C=O) groups excluding carboxylic acids is 1. The molecule has 2 aliphatic rings. The van der Waals surface area contributed by atoms with Gasteiger partial charge in [0.05, 0.1) is 18.0 Å². The molecule has 164 valence electrons. The maximum absolute atomic E-state index is 12.8. The second kappa shape index (κ2) is 8.43. The van der Waals surface area contributed by atoms with Crippen LogP contribution in [-0.2, 0) is 6.54 Å². The Labute approximate surface area is 192 Å². The van der Waals surface area contributed by atoms with Crippen molar-refractivity contribution in [2.75, 3.05) is 13.1 Å². The first-order chi connectivity index (χ1) is 14.6. The first kappa shape index (κ1) is 22.1. The topological polar surface area (TPSA) is 98.7 Å². The maximum atomic E-state index is 12.8. The number of benzene rings is 1. The summed E-state index contributed by atoms with van der Waals surface area (Å²) in [6.45, 7) is 1.78. The Hall–Kier alpha value is -2.13. The third-order valence-corrected chi connectivity index (χ3v) is 6.60.